The van der Waals surface area contributed by atoms with Gasteiger partial charge in [-0.3, -0.25) is 13.9 Å². The van der Waals surface area contributed by atoms with Crippen LogP contribution in [0.5, 0.6) is 5.88 Å². The molecule has 0 amide bonds. The molecule has 8 heteroatoms. The Morgan fingerprint density at radius 1 is 1.03 bits per heavy atom. The molecule has 5 rings (SSSR count). The van der Waals surface area contributed by atoms with Gasteiger partial charge in [0.05, 0.1) is 11.5 Å². The minimum Gasteiger partial charge on any atom is -0.465 e. The Bertz CT molecular complexity index is 1390. The number of furan rings is 1. The lowest BCUT2D eigenvalue weighted by atomic mass is 9.89. The van der Waals surface area contributed by atoms with E-state index >= 15 is 0 Å². The van der Waals surface area contributed by atoms with Crippen molar-refractivity contribution in [1.82, 2.24) is 9.13 Å². The first-order valence-electron chi connectivity index (χ1n) is 9.94. The van der Waals surface area contributed by atoms with Gasteiger partial charge >= 0.3 is 5.69 Å². The van der Waals surface area contributed by atoms with Crippen molar-refractivity contribution in [1.29, 1.82) is 5.26 Å². The van der Waals surface area contributed by atoms with Crippen LogP contribution in [0.2, 0.25) is 0 Å². The van der Waals surface area contributed by atoms with Gasteiger partial charge in [-0.15, -0.1) is 0 Å². The topological polar surface area (TPSA) is 116 Å². The third kappa shape index (κ3) is 2.81. The standard InChI is InChI=1S/C23H20N4O4/c1-26-21(28)19-18(15(11-24)20(25)31-22(19)27(2)23(26)29)17-9-8-16(30-17)14-10-13(14)12-6-4-3-5-7-12/h3-9,13-14,18H,10,25H2,1-2H3/t13-,14+,18+/m1/s1. The Labute approximate surface area is 177 Å². The maximum absolute atomic E-state index is 13.0. The van der Waals surface area contributed by atoms with E-state index in [9.17, 15) is 14.9 Å². The number of hydrogen-bond donors (Lipinski definition) is 1. The highest BCUT2D eigenvalue weighted by Gasteiger charge is 2.43. The van der Waals surface area contributed by atoms with Crippen molar-refractivity contribution in [3.63, 3.8) is 0 Å². The fraction of sp³-hybridized carbons (Fsp3) is 0.261. The second-order valence-electron chi connectivity index (χ2n) is 7.95. The van der Waals surface area contributed by atoms with Crippen LogP contribution in [0, 0.1) is 11.3 Å². The number of aromatic nitrogens is 2. The first-order valence-corrected chi connectivity index (χ1v) is 9.94. The van der Waals surface area contributed by atoms with Crippen LogP contribution in [0.25, 0.3) is 0 Å². The number of nitrogens with two attached hydrogens (primary N) is 1. The third-order valence-corrected chi connectivity index (χ3v) is 6.13. The molecule has 3 aromatic rings. The molecule has 1 fully saturated rings. The maximum Gasteiger partial charge on any atom is 0.333 e. The summed E-state index contributed by atoms with van der Waals surface area (Å²) in [5, 5.41) is 9.73. The van der Waals surface area contributed by atoms with Crippen molar-refractivity contribution in [2.45, 2.75) is 24.2 Å². The molecule has 1 aliphatic carbocycles. The van der Waals surface area contributed by atoms with Crippen molar-refractivity contribution < 1.29 is 9.15 Å². The van der Waals surface area contributed by atoms with Gasteiger partial charge in [-0.1, -0.05) is 30.3 Å². The zero-order chi connectivity index (χ0) is 21.9. The lowest BCUT2D eigenvalue weighted by Crippen LogP contribution is -2.42. The molecule has 3 heterocycles. The number of allylic oxidation sites excluding steroid dienone is 1. The van der Waals surface area contributed by atoms with Crippen LogP contribution in [0.15, 0.2) is 67.9 Å². The van der Waals surface area contributed by atoms with Crippen molar-refractivity contribution in [3.05, 3.63) is 97.4 Å². The first-order chi connectivity index (χ1) is 14.9. The molecule has 2 aliphatic rings. The van der Waals surface area contributed by atoms with Crippen LogP contribution >= 0.6 is 0 Å². The molecule has 156 valence electrons. The highest BCUT2D eigenvalue weighted by molar-refractivity contribution is 5.51. The first kappa shape index (κ1) is 19.0. The molecule has 2 N–H and O–H groups in total. The van der Waals surface area contributed by atoms with E-state index in [4.69, 9.17) is 14.9 Å². The van der Waals surface area contributed by atoms with E-state index in [1.54, 1.807) is 6.07 Å². The minimum atomic E-state index is -0.845. The predicted octanol–water partition coefficient (Wildman–Crippen LogP) is 2.17. The van der Waals surface area contributed by atoms with Crippen molar-refractivity contribution >= 4 is 0 Å². The molecule has 0 unspecified atom stereocenters. The summed E-state index contributed by atoms with van der Waals surface area (Å²) in [6.07, 6.45) is 0.973. The molecule has 0 radical (unpaired) electrons. The molecule has 8 nitrogen and oxygen atoms in total. The highest BCUT2D eigenvalue weighted by Crippen LogP contribution is 2.55. The molecule has 1 aliphatic heterocycles. The zero-order valence-electron chi connectivity index (χ0n) is 17.0. The third-order valence-electron chi connectivity index (χ3n) is 6.13. The van der Waals surface area contributed by atoms with Crippen LogP contribution in [0.4, 0.5) is 0 Å². The number of nitrogens with zero attached hydrogens (tertiary/aromatic N) is 3. The molecule has 1 saturated carbocycles. The predicted molar refractivity (Wildman–Crippen MR) is 111 cm³/mol. The van der Waals surface area contributed by atoms with Gasteiger partial charge in [-0.05, 0) is 30.0 Å². The molecule has 0 spiro atoms. The van der Waals surface area contributed by atoms with Gasteiger partial charge in [0, 0.05) is 20.0 Å². The van der Waals surface area contributed by atoms with Gasteiger partial charge in [0.15, 0.2) is 0 Å². The van der Waals surface area contributed by atoms with E-state index in [0.717, 1.165) is 16.7 Å². The smallest absolute Gasteiger partial charge is 0.333 e. The summed E-state index contributed by atoms with van der Waals surface area (Å²) in [4.78, 5) is 25.3. The highest BCUT2D eigenvalue weighted by atomic mass is 16.5. The van der Waals surface area contributed by atoms with Crippen LogP contribution in [0.3, 0.4) is 0 Å². The number of hydrogen-bond acceptors (Lipinski definition) is 6. The lowest BCUT2D eigenvalue weighted by molar-refractivity contribution is 0.340. The molecule has 3 atom stereocenters. The van der Waals surface area contributed by atoms with E-state index in [1.165, 1.54) is 24.2 Å². The monoisotopic (exact) mass is 416 g/mol. The van der Waals surface area contributed by atoms with Gasteiger partial charge in [-0.25, -0.2) is 4.79 Å². The van der Waals surface area contributed by atoms with Crippen LogP contribution in [-0.2, 0) is 14.1 Å². The maximum atomic E-state index is 13.0. The quantitative estimate of drug-likeness (QED) is 0.699. The van der Waals surface area contributed by atoms with Gasteiger partial charge in [0.1, 0.15) is 23.2 Å². The Morgan fingerprint density at radius 2 is 1.74 bits per heavy atom. The van der Waals surface area contributed by atoms with Crippen molar-refractivity contribution in [2.75, 3.05) is 0 Å². The second-order valence-corrected chi connectivity index (χ2v) is 7.95. The number of nitriles is 1. The van der Waals surface area contributed by atoms with Crippen molar-refractivity contribution in [3.8, 4) is 11.9 Å². The Kier molecular flexibility index (Phi) is 4.15. The second kappa shape index (κ2) is 6.77. The summed E-state index contributed by atoms with van der Waals surface area (Å²) in [6.45, 7) is 0. The van der Waals surface area contributed by atoms with Gasteiger partial charge < -0.3 is 14.9 Å². The van der Waals surface area contributed by atoms with Crippen LogP contribution in [-0.4, -0.2) is 9.13 Å². The fourth-order valence-corrected chi connectivity index (χ4v) is 4.37. The Morgan fingerprint density at radius 3 is 2.45 bits per heavy atom. The van der Waals surface area contributed by atoms with Gasteiger partial charge in [0.25, 0.3) is 5.56 Å². The molecular formula is C23H20N4O4. The summed E-state index contributed by atoms with van der Waals surface area (Å²) in [5.74, 6) is 0.887. The van der Waals surface area contributed by atoms with Gasteiger partial charge in [0.2, 0.25) is 11.8 Å². The average molecular weight is 416 g/mol. The number of fused-ring (bicyclic) bond motifs is 1. The molecular weight excluding hydrogens is 396 g/mol. The summed E-state index contributed by atoms with van der Waals surface area (Å²) in [5.41, 5.74) is 6.40. The lowest BCUT2D eigenvalue weighted by Gasteiger charge is -2.25. The van der Waals surface area contributed by atoms with E-state index < -0.39 is 17.2 Å². The SMILES string of the molecule is Cn1c2c(c(=O)n(C)c1=O)[C@H](c1ccc([C@H]3C[C@@H]3c3ccccc3)o1)C(C#N)=C(N)O2. The molecule has 1 aromatic carbocycles. The summed E-state index contributed by atoms with van der Waals surface area (Å²) in [7, 11) is 2.88. The van der Waals surface area contributed by atoms with E-state index in [-0.39, 0.29) is 28.8 Å². The van der Waals surface area contributed by atoms with E-state index in [0.29, 0.717) is 11.7 Å². The van der Waals surface area contributed by atoms with Crippen molar-refractivity contribution in [2.24, 2.45) is 19.8 Å². The molecule has 2 aromatic heterocycles. The van der Waals surface area contributed by atoms with E-state index in [2.05, 4.69) is 12.1 Å². The number of ether oxygens (including phenoxy) is 1. The fourth-order valence-electron chi connectivity index (χ4n) is 4.37. The average Bonchev–Trinajstić information content (AvgIpc) is 3.44. The Balaban J connectivity index is 1.60. The normalized spacial score (nSPS) is 21.9. The molecule has 31 heavy (non-hydrogen) atoms. The summed E-state index contributed by atoms with van der Waals surface area (Å²) in [6, 6.07) is 15.9. The Hall–Kier alpha value is -3.99. The summed E-state index contributed by atoms with van der Waals surface area (Å²) >= 11 is 0. The van der Waals surface area contributed by atoms with Crippen LogP contribution in [0.1, 0.15) is 46.8 Å². The van der Waals surface area contributed by atoms with Crippen LogP contribution < -0.4 is 21.7 Å². The largest absolute Gasteiger partial charge is 0.465 e. The van der Waals surface area contributed by atoms with E-state index in [1.807, 2.05) is 30.3 Å². The van der Waals surface area contributed by atoms with Gasteiger partial charge in [-0.2, -0.15) is 5.26 Å². The minimum absolute atomic E-state index is 0.0288. The molecule has 0 bridgehead atoms. The number of benzene rings is 1. The zero-order valence-corrected chi connectivity index (χ0v) is 17.0. The number of rotatable bonds is 3. The summed E-state index contributed by atoms with van der Waals surface area (Å²) < 4.78 is 13.9. The molecule has 0 saturated heterocycles.